The van der Waals surface area contributed by atoms with E-state index in [-0.39, 0.29) is 30.5 Å². The summed E-state index contributed by atoms with van der Waals surface area (Å²) in [6, 6.07) is 7.80. The van der Waals surface area contributed by atoms with Crippen molar-refractivity contribution in [2.75, 3.05) is 33.0 Å². The van der Waals surface area contributed by atoms with Crippen LogP contribution in [-0.2, 0) is 0 Å². The average Bonchev–Trinajstić information content (AvgIpc) is 2.55. The van der Waals surface area contributed by atoms with E-state index in [1.165, 1.54) is 7.05 Å². The fourth-order valence-corrected chi connectivity index (χ4v) is 2.89. The third-order valence-corrected chi connectivity index (χ3v) is 4.52. The predicted octanol–water partition coefficient (Wildman–Crippen LogP) is 4.16. The van der Waals surface area contributed by atoms with Crippen LogP contribution in [0.25, 0.3) is 0 Å². The van der Waals surface area contributed by atoms with Crippen molar-refractivity contribution in [3.63, 3.8) is 0 Å². The quantitative estimate of drug-likeness (QED) is 0.248. The Bertz CT molecular complexity index is 530. The molecule has 9 heteroatoms. The SMILES string of the molecule is CN=C(NCCC(F)(F)F)NCC(C)CSc1ccccc1OC.I. The summed E-state index contributed by atoms with van der Waals surface area (Å²) in [4.78, 5) is 4.99. The zero-order valence-corrected chi connectivity index (χ0v) is 17.7. The molecule has 0 spiro atoms. The fourth-order valence-electron chi connectivity index (χ4n) is 1.84. The van der Waals surface area contributed by atoms with E-state index in [1.807, 2.05) is 24.3 Å². The van der Waals surface area contributed by atoms with Crippen LogP contribution in [0.4, 0.5) is 13.2 Å². The molecule has 0 aromatic heterocycles. The Morgan fingerprint density at radius 2 is 1.96 bits per heavy atom. The molecule has 1 unspecified atom stereocenters. The Morgan fingerprint density at radius 3 is 2.56 bits per heavy atom. The summed E-state index contributed by atoms with van der Waals surface area (Å²) in [5.74, 6) is 2.38. The summed E-state index contributed by atoms with van der Waals surface area (Å²) >= 11 is 1.69. The number of thioether (sulfide) groups is 1. The van der Waals surface area contributed by atoms with Gasteiger partial charge in [-0.1, -0.05) is 19.1 Å². The van der Waals surface area contributed by atoms with E-state index < -0.39 is 12.6 Å². The van der Waals surface area contributed by atoms with Crippen molar-refractivity contribution in [1.82, 2.24) is 10.6 Å². The van der Waals surface area contributed by atoms with Gasteiger partial charge in [0.25, 0.3) is 0 Å². The monoisotopic (exact) mass is 491 g/mol. The van der Waals surface area contributed by atoms with Crippen molar-refractivity contribution in [3.8, 4) is 5.75 Å². The number of nitrogens with zero attached hydrogens (tertiary/aromatic N) is 1. The number of hydrogen-bond acceptors (Lipinski definition) is 3. The van der Waals surface area contributed by atoms with Gasteiger partial charge in [-0.2, -0.15) is 13.2 Å². The smallest absolute Gasteiger partial charge is 0.390 e. The lowest BCUT2D eigenvalue weighted by atomic mass is 10.2. The molecule has 0 aliphatic rings. The Hall–Kier alpha value is -0.840. The number of alkyl halides is 3. The first-order valence-electron chi connectivity index (χ1n) is 7.62. The van der Waals surface area contributed by atoms with Gasteiger partial charge in [-0.3, -0.25) is 4.99 Å². The van der Waals surface area contributed by atoms with Crippen molar-refractivity contribution >= 4 is 41.7 Å². The molecule has 0 aliphatic carbocycles. The van der Waals surface area contributed by atoms with Gasteiger partial charge in [0.15, 0.2) is 5.96 Å². The lowest BCUT2D eigenvalue weighted by molar-refractivity contribution is -0.132. The van der Waals surface area contributed by atoms with Crippen LogP contribution in [-0.4, -0.2) is 45.1 Å². The number of methoxy groups -OCH3 is 1. The molecule has 1 aromatic carbocycles. The third-order valence-electron chi connectivity index (χ3n) is 3.13. The number of guanidine groups is 1. The molecule has 0 bridgehead atoms. The number of rotatable bonds is 8. The summed E-state index contributed by atoms with van der Waals surface area (Å²) < 4.78 is 41.7. The first-order chi connectivity index (χ1) is 11.4. The maximum atomic E-state index is 12.1. The van der Waals surface area contributed by atoms with Crippen molar-refractivity contribution in [3.05, 3.63) is 24.3 Å². The largest absolute Gasteiger partial charge is 0.496 e. The van der Waals surface area contributed by atoms with Gasteiger partial charge in [0.2, 0.25) is 0 Å². The highest BCUT2D eigenvalue weighted by molar-refractivity contribution is 14.0. The number of halogens is 4. The normalized spacial score (nSPS) is 13.0. The van der Waals surface area contributed by atoms with E-state index in [4.69, 9.17) is 4.74 Å². The van der Waals surface area contributed by atoms with E-state index in [0.717, 1.165) is 16.4 Å². The second-order valence-electron chi connectivity index (χ2n) is 5.31. The fraction of sp³-hybridized carbons (Fsp3) is 0.562. The molecule has 0 amide bonds. The van der Waals surface area contributed by atoms with Crippen molar-refractivity contribution in [2.24, 2.45) is 10.9 Å². The van der Waals surface area contributed by atoms with Crippen molar-refractivity contribution in [1.29, 1.82) is 0 Å². The molecule has 1 rings (SSSR count). The Morgan fingerprint density at radius 1 is 1.28 bits per heavy atom. The van der Waals surface area contributed by atoms with Crippen LogP contribution in [0.15, 0.2) is 34.2 Å². The number of ether oxygens (including phenoxy) is 1. The molecule has 0 fully saturated rings. The van der Waals surface area contributed by atoms with Crippen LogP contribution >= 0.6 is 35.7 Å². The number of para-hydroxylation sites is 1. The molecule has 0 saturated heterocycles. The summed E-state index contributed by atoms with van der Waals surface area (Å²) in [6.07, 6.45) is -5.04. The van der Waals surface area contributed by atoms with Crippen molar-refractivity contribution in [2.45, 2.75) is 24.4 Å². The second kappa shape index (κ2) is 12.5. The molecule has 2 N–H and O–H groups in total. The molecule has 0 heterocycles. The van der Waals surface area contributed by atoms with Gasteiger partial charge in [0, 0.05) is 30.8 Å². The minimum absolute atomic E-state index is 0. The maximum absolute atomic E-state index is 12.1. The first-order valence-corrected chi connectivity index (χ1v) is 8.61. The topological polar surface area (TPSA) is 45.7 Å². The highest BCUT2D eigenvalue weighted by atomic mass is 127. The van der Waals surface area contributed by atoms with Gasteiger partial charge in [-0.05, 0) is 18.1 Å². The summed E-state index contributed by atoms with van der Waals surface area (Å²) in [5, 5.41) is 5.71. The third kappa shape index (κ3) is 10.7. The van der Waals surface area contributed by atoms with Gasteiger partial charge >= 0.3 is 6.18 Å². The molecule has 0 saturated carbocycles. The highest BCUT2D eigenvalue weighted by Gasteiger charge is 2.26. The number of hydrogen-bond donors (Lipinski definition) is 2. The van der Waals surface area contributed by atoms with Crippen molar-refractivity contribution < 1.29 is 17.9 Å². The minimum atomic E-state index is -4.16. The Kier molecular flexibility index (Phi) is 12.1. The summed E-state index contributed by atoms with van der Waals surface area (Å²) in [5.41, 5.74) is 0. The summed E-state index contributed by atoms with van der Waals surface area (Å²) in [7, 11) is 3.18. The zero-order chi connectivity index (χ0) is 18.0. The molecular weight excluding hydrogens is 466 g/mol. The van der Waals surface area contributed by atoms with Crippen LogP contribution in [0.2, 0.25) is 0 Å². The standard InChI is InChI=1S/C16H24F3N3OS.HI/c1-12(11-24-14-7-5-4-6-13(14)23-3)10-22-15(20-2)21-9-8-16(17,18)19;/h4-7,12H,8-11H2,1-3H3,(H2,20,21,22);1H. The van der Waals surface area contributed by atoms with Crippen LogP contribution in [0.1, 0.15) is 13.3 Å². The van der Waals surface area contributed by atoms with Crippen LogP contribution in [0.3, 0.4) is 0 Å². The van der Waals surface area contributed by atoms with E-state index in [0.29, 0.717) is 18.4 Å². The predicted molar refractivity (Wildman–Crippen MR) is 108 cm³/mol. The van der Waals surface area contributed by atoms with E-state index in [2.05, 4.69) is 22.5 Å². The molecule has 0 aliphatic heterocycles. The maximum Gasteiger partial charge on any atom is 0.390 e. The van der Waals surface area contributed by atoms with Crippen LogP contribution in [0, 0.1) is 5.92 Å². The van der Waals surface area contributed by atoms with E-state index >= 15 is 0 Å². The molecule has 4 nitrogen and oxygen atoms in total. The van der Waals surface area contributed by atoms with Gasteiger partial charge in [-0.15, -0.1) is 35.7 Å². The first kappa shape index (κ1) is 24.2. The minimum Gasteiger partial charge on any atom is -0.496 e. The van der Waals surface area contributed by atoms with Gasteiger partial charge in [-0.25, -0.2) is 0 Å². The van der Waals surface area contributed by atoms with Gasteiger partial charge in [0.1, 0.15) is 5.75 Å². The Balaban J connectivity index is 0.00000576. The molecular formula is C16H25F3IN3OS. The van der Waals surface area contributed by atoms with Crippen LogP contribution in [0.5, 0.6) is 5.75 Å². The highest BCUT2D eigenvalue weighted by Crippen LogP contribution is 2.29. The van der Waals surface area contributed by atoms with E-state index in [9.17, 15) is 13.2 Å². The molecule has 1 atom stereocenters. The lowest BCUT2D eigenvalue weighted by Gasteiger charge is -2.17. The number of benzene rings is 1. The zero-order valence-electron chi connectivity index (χ0n) is 14.5. The van der Waals surface area contributed by atoms with Crippen LogP contribution < -0.4 is 15.4 Å². The van der Waals surface area contributed by atoms with E-state index in [1.54, 1.807) is 18.9 Å². The Labute approximate surface area is 168 Å². The van der Waals surface area contributed by atoms with Gasteiger partial charge in [0.05, 0.1) is 13.5 Å². The molecule has 25 heavy (non-hydrogen) atoms. The second-order valence-corrected chi connectivity index (χ2v) is 6.37. The molecule has 144 valence electrons. The number of aliphatic imine (C=N–C) groups is 1. The lowest BCUT2D eigenvalue weighted by Crippen LogP contribution is -2.41. The average molecular weight is 491 g/mol. The molecule has 0 radical (unpaired) electrons. The summed E-state index contributed by atoms with van der Waals surface area (Å²) in [6.45, 7) is 2.50. The molecule has 1 aromatic rings. The van der Waals surface area contributed by atoms with Gasteiger partial charge < -0.3 is 15.4 Å². The number of nitrogens with one attached hydrogen (secondary N) is 2.